The van der Waals surface area contributed by atoms with Crippen molar-refractivity contribution in [3.63, 3.8) is 0 Å². The Balaban J connectivity index is 4.07. The van der Waals surface area contributed by atoms with Gasteiger partial charge in [-0.15, -0.1) is 0 Å². The van der Waals surface area contributed by atoms with Crippen LogP contribution >= 0.6 is 0 Å². The molecule has 2 nitrogen and oxygen atoms in total. The predicted molar refractivity (Wildman–Crippen MR) is 60.2 cm³/mol. The third-order valence-corrected chi connectivity index (χ3v) is 2.80. The Hall–Kier alpha value is -0.0800. The van der Waals surface area contributed by atoms with Gasteiger partial charge in [0.2, 0.25) is 0 Å². The van der Waals surface area contributed by atoms with Crippen molar-refractivity contribution < 1.29 is 10.2 Å². The smallest absolute Gasteiger partial charge is 0.0646 e. The van der Waals surface area contributed by atoms with E-state index in [9.17, 15) is 10.2 Å². The Kier molecular flexibility index (Phi) is 5.68. The molecule has 2 N–H and O–H groups in total. The van der Waals surface area contributed by atoms with Crippen molar-refractivity contribution in [1.82, 2.24) is 0 Å². The maximum absolute atomic E-state index is 10.0. The van der Waals surface area contributed by atoms with Crippen molar-refractivity contribution in [3.8, 4) is 0 Å². The van der Waals surface area contributed by atoms with Gasteiger partial charge in [-0.05, 0) is 25.2 Å². The average molecular weight is 202 g/mol. The van der Waals surface area contributed by atoms with E-state index in [1.54, 1.807) is 0 Å². The van der Waals surface area contributed by atoms with Gasteiger partial charge in [0, 0.05) is 6.42 Å². The average Bonchev–Trinajstić information content (AvgIpc) is 1.99. The molecule has 14 heavy (non-hydrogen) atoms. The maximum atomic E-state index is 10.0. The van der Waals surface area contributed by atoms with Crippen LogP contribution in [-0.4, -0.2) is 21.9 Å². The van der Waals surface area contributed by atoms with Crippen molar-refractivity contribution in [2.45, 2.75) is 65.6 Å². The van der Waals surface area contributed by atoms with Gasteiger partial charge in [0.25, 0.3) is 0 Å². The number of rotatable bonds is 6. The lowest BCUT2D eigenvalue weighted by Gasteiger charge is -2.30. The van der Waals surface area contributed by atoms with E-state index < -0.39 is 5.60 Å². The molecule has 86 valence electrons. The van der Waals surface area contributed by atoms with Crippen LogP contribution in [0, 0.1) is 11.8 Å². The molecule has 0 spiro atoms. The van der Waals surface area contributed by atoms with Crippen LogP contribution < -0.4 is 0 Å². The summed E-state index contributed by atoms with van der Waals surface area (Å²) in [7, 11) is 0. The van der Waals surface area contributed by atoms with Crippen LogP contribution in [0.15, 0.2) is 0 Å². The topological polar surface area (TPSA) is 40.5 Å². The van der Waals surface area contributed by atoms with Gasteiger partial charge in [-0.3, -0.25) is 0 Å². The Bertz CT molecular complexity index is 152. The van der Waals surface area contributed by atoms with Crippen LogP contribution in [0.25, 0.3) is 0 Å². The lowest BCUT2D eigenvalue weighted by molar-refractivity contribution is -0.0262. The molecule has 2 heteroatoms. The van der Waals surface area contributed by atoms with Gasteiger partial charge in [-0.1, -0.05) is 34.1 Å². The van der Waals surface area contributed by atoms with Crippen molar-refractivity contribution in [1.29, 1.82) is 0 Å². The van der Waals surface area contributed by atoms with E-state index in [-0.39, 0.29) is 12.0 Å². The van der Waals surface area contributed by atoms with E-state index >= 15 is 0 Å². The minimum atomic E-state index is -0.725. The summed E-state index contributed by atoms with van der Waals surface area (Å²) in [6.07, 6.45) is 1.81. The van der Waals surface area contributed by atoms with Crippen LogP contribution in [0.1, 0.15) is 53.9 Å². The summed E-state index contributed by atoms with van der Waals surface area (Å²) in [5.41, 5.74) is -0.725. The summed E-state index contributed by atoms with van der Waals surface area (Å²) in [6.45, 7) is 10.1. The van der Waals surface area contributed by atoms with Crippen LogP contribution in [0.2, 0.25) is 0 Å². The normalized spacial score (nSPS) is 20.6. The second kappa shape index (κ2) is 5.72. The Labute approximate surface area is 88.3 Å². The zero-order chi connectivity index (χ0) is 11.4. The van der Waals surface area contributed by atoms with Crippen molar-refractivity contribution in [3.05, 3.63) is 0 Å². The molecule has 0 radical (unpaired) electrons. The van der Waals surface area contributed by atoms with E-state index in [1.807, 2.05) is 13.8 Å². The van der Waals surface area contributed by atoms with Gasteiger partial charge < -0.3 is 10.2 Å². The van der Waals surface area contributed by atoms with Gasteiger partial charge >= 0.3 is 0 Å². The van der Waals surface area contributed by atoms with E-state index in [2.05, 4.69) is 20.8 Å². The van der Waals surface area contributed by atoms with Crippen LogP contribution in [0.5, 0.6) is 0 Å². The molecule has 0 saturated carbocycles. The Morgan fingerprint density at radius 1 is 1.14 bits per heavy atom. The third kappa shape index (κ3) is 5.61. The van der Waals surface area contributed by atoms with E-state index in [4.69, 9.17) is 0 Å². The molecule has 0 aliphatic rings. The number of hydrogen-bond donors (Lipinski definition) is 2. The molecule has 0 saturated heterocycles. The molecule has 0 aromatic heterocycles. The highest BCUT2D eigenvalue weighted by atomic mass is 16.3. The van der Waals surface area contributed by atoms with Crippen LogP contribution in [0.3, 0.4) is 0 Å². The molecule has 0 aliphatic carbocycles. The predicted octanol–water partition coefficient (Wildman–Crippen LogP) is 2.58. The first-order chi connectivity index (χ1) is 6.28. The first-order valence-corrected chi connectivity index (χ1v) is 5.69. The Morgan fingerprint density at radius 2 is 1.64 bits per heavy atom. The Morgan fingerprint density at radius 3 is 2.00 bits per heavy atom. The molecular formula is C12H26O2. The highest BCUT2D eigenvalue weighted by molar-refractivity contribution is 4.79. The number of aliphatic hydroxyl groups excluding tert-OH is 1. The highest BCUT2D eigenvalue weighted by Gasteiger charge is 2.27. The largest absolute Gasteiger partial charge is 0.393 e. The van der Waals surface area contributed by atoms with Crippen LogP contribution in [0.4, 0.5) is 0 Å². The molecule has 0 fully saturated rings. The zero-order valence-corrected chi connectivity index (χ0v) is 10.2. The number of aliphatic hydroxyl groups is 2. The quantitative estimate of drug-likeness (QED) is 0.695. The summed E-state index contributed by atoms with van der Waals surface area (Å²) in [4.78, 5) is 0. The molecular weight excluding hydrogens is 176 g/mol. The first-order valence-electron chi connectivity index (χ1n) is 5.69. The molecule has 3 atom stereocenters. The molecule has 0 aliphatic heterocycles. The van der Waals surface area contributed by atoms with E-state index in [0.717, 1.165) is 12.8 Å². The maximum Gasteiger partial charge on any atom is 0.0646 e. The molecule has 0 amide bonds. The van der Waals surface area contributed by atoms with Crippen molar-refractivity contribution >= 4 is 0 Å². The fourth-order valence-electron chi connectivity index (χ4n) is 1.89. The molecule has 3 unspecified atom stereocenters. The minimum absolute atomic E-state index is 0.272. The summed E-state index contributed by atoms with van der Waals surface area (Å²) in [5, 5.41) is 19.8. The lowest BCUT2D eigenvalue weighted by atomic mass is 9.85. The monoisotopic (exact) mass is 202 g/mol. The van der Waals surface area contributed by atoms with Gasteiger partial charge in [0.05, 0.1) is 11.7 Å². The fraction of sp³-hybridized carbons (Fsp3) is 1.00. The van der Waals surface area contributed by atoms with E-state index in [1.165, 1.54) is 0 Å². The molecule has 0 aromatic rings. The SMILES string of the molecule is CCC(C)C(O)CC(C)(O)CC(C)C. The van der Waals surface area contributed by atoms with Crippen molar-refractivity contribution in [2.75, 3.05) is 0 Å². The summed E-state index contributed by atoms with van der Waals surface area (Å²) < 4.78 is 0. The van der Waals surface area contributed by atoms with Crippen molar-refractivity contribution in [2.24, 2.45) is 11.8 Å². The van der Waals surface area contributed by atoms with Gasteiger partial charge in [0.1, 0.15) is 0 Å². The molecule has 0 bridgehead atoms. The summed E-state index contributed by atoms with van der Waals surface area (Å²) in [6, 6.07) is 0. The lowest BCUT2D eigenvalue weighted by Crippen LogP contribution is -2.34. The van der Waals surface area contributed by atoms with Crippen LogP contribution in [-0.2, 0) is 0 Å². The first kappa shape index (κ1) is 13.9. The fourth-order valence-corrected chi connectivity index (χ4v) is 1.89. The molecule has 0 rings (SSSR count). The summed E-state index contributed by atoms with van der Waals surface area (Å²) in [5.74, 6) is 0.739. The van der Waals surface area contributed by atoms with Gasteiger partial charge in [-0.2, -0.15) is 0 Å². The molecule has 0 aromatic carbocycles. The zero-order valence-electron chi connectivity index (χ0n) is 10.2. The summed E-state index contributed by atoms with van der Waals surface area (Å²) >= 11 is 0. The van der Waals surface area contributed by atoms with Gasteiger partial charge in [-0.25, -0.2) is 0 Å². The highest BCUT2D eigenvalue weighted by Crippen LogP contribution is 2.25. The van der Waals surface area contributed by atoms with Gasteiger partial charge in [0.15, 0.2) is 0 Å². The minimum Gasteiger partial charge on any atom is -0.393 e. The molecule has 0 heterocycles. The van der Waals surface area contributed by atoms with E-state index in [0.29, 0.717) is 12.3 Å². The third-order valence-electron chi connectivity index (χ3n) is 2.80. The second-order valence-corrected chi connectivity index (χ2v) is 5.25. The number of hydrogen-bond acceptors (Lipinski definition) is 2. The second-order valence-electron chi connectivity index (χ2n) is 5.25. The standard InChI is InChI=1S/C12H26O2/c1-6-10(4)11(13)8-12(5,14)7-9(2)3/h9-11,13-14H,6-8H2,1-5H3.